The van der Waals surface area contributed by atoms with E-state index in [-0.39, 0.29) is 11.0 Å². The van der Waals surface area contributed by atoms with Crippen LogP contribution >= 0.6 is 11.6 Å². The Morgan fingerprint density at radius 3 is 2.64 bits per heavy atom. The van der Waals surface area contributed by atoms with Crippen LogP contribution in [0.5, 0.6) is 0 Å². The van der Waals surface area contributed by atoms with Crippen molar-refractivity contribution in [3.63, 3.8) is 0 Å². The van der Waals surface area contributed by atoms with Gasteiger partial charge in [0.1, 0.15) is 17.1 Å². The maximum absolute atomic E-state index is 14.3. The summed E-state index contributed by atoms with van der Waals surface area (Å²) >= 11 is 5.93. The lowest BCUT2D eigenvalue weighted by molar-refractivity contribution is -0.190. The van der Waals surface area contributed by atoms with Gasteiger partial charge in [-0.05, 0) is 56.5 Å². The van der Waals surface area contributed by atoms with Crippen molar-refractivity contribution >= 4 is 40.0 Å². The van der Waals surface area contributed by atoms with Crippen LogP contribution in [-0.4, -0.2) is 22.7 Å². The molecule has 0 aliphatic carbocycles. The largest absolute Gasteiger partial charge is 0.404 e. The fraction of sp³-hybridized carbons (Fsp3) is 0.304. The molecule has 0 saturated carbocycles. The van der Waals surface area contributed by atoms with E-state index in [0.717, 1.165) is 25.1 Å². The SMILES string of the molecule is CC(C)(C#Cc1cccc2c1CCCN2c1nc(NN)nc2cc(Cl)c(F)cc12)C(F)(F)F. The molecule has 0 bridgehead atoms. The zero-order valence-corrected chi connectivity index (χ0v) is 18.6. The normalized spacial score (nSPS) is 14.0. The number of nitrogens with two attached hydrogens (primary N) is 1. The van der Waals surface area contributed by atoms with Crippen molar-refractivity contribution in [2.45, 2.75) is 32.9 Å². The van der Waals surface area contributed by atoms with Crippen LogP contribution in [0.15, 0.2) is 30.3 Å². The van der Waals surface area contributed by atoms with Crippen LogP contribution in [0.3, 0.4) is 0 Å². The first-order valence-corrected chi connectivity index (χ1v) is 10.5. The summed E-state index contributed by atoms with van der Waals surface area (Å²) in [4.78, 5) is 10.6. The maximum atomic E-state index is 14.3. The van der Waals surface area contributed by atoms with Gasteiger partial charge in [0.2, 0.25) is 5.95 Å². The van der Waals surface area contributed by atoms with Crippen LogP contribution in [0.1, 0.15) is 31.4 Å². The predicted octanol–water partition coefficient (Wildman–Crippen LogP) is 5.73. The second kappa shape index (κ2) is 8.36. The van der Waals surface area contributed by atoms with Crippen LogP contribution in [0.4, 0.5) is 35.0 Å². The molecule has 3 N–H and O–H groups in total. The molecule has 4 rings (SSSR count). The summed E-state index contributed by atoms with van der Waals surface area (Å²) in [5.74, 6) is 10.5. The van der Waals surface area contributed by atoms with Crippen LogP contribution in [-0.2, 0) is 6.42 Å². The summed E-state index contributed by atoms with van der Waals surface area (Å²) in [5.41, 5.74) is 2.70. The van der Waals surface area contributed by atoms with Crippen LogP contribution in [0.25, 0.3) is 10.9 Å². The first-order chi connectivity index (χ1) is 15.5. The quantitative estimate of drug-likeness (QED) is 0.213. The maximum Gasteiger partial charge on any atom is 0.404 e. The van der Waals surface area contributed by atoms with Crippen molar-refractivity contribution in [1.82, 2.24) is 9.97 Å². The molecule has 2 heterocycles. The third-order valence-corrected chi connectivity index (χ3v) is 5.86. The number of hydrogen-bond acceptors (Lipinski definition) is 5. The molecule has 0 fully saturated rings. The molecule has 172 valence electrons. The summed E-state index contributed by atoms with van der Waals surface area (Å²) in [6.07, 6.45) is -3.12. The topological polar surface area (TPSA) is 67.1 Å². The monoisotopic (exact) mass is 477 g/mol. The van der Waals surface area contributed by atoms with Crippen LogP contribution in [0.2, 0.25) is 5.02 Å². The highest BCUT2D eigenvalue weighted by Crippen LogP contribution is 2.40. The number of rotatable bonds is 2. The number of hydrogen-bond donors (Lipinski definition) is 2. The minimum absolute atomic E-state index is 0.0843. The Balaban J connectivity index is 1.87. The van der Waals surface area contributed by atoms with Crippen molar-refractivity contribution in [3.8, 4) is 11.8 Å². The molecule has 3 aromatic rings. The number of hydrazine groups is 1. The van der Waals surface area contributed by atoms with E-state index < -0.39 is 17.4 Å². The molecule has 0 atom stereocenters. The predicted molar refractivity (Wildman–Crippen MR) is 121 cm³/mol. The van der Waals surface area contributed by atoms with Crippen molar-refractivity contribution in [1.29, 1.82) is 0 Å². The van der Waals surface area contributed by atoms with Crippen LogP contribution < -0.4 is 16.2 Å². The fourth-order valence-electron chi connectivity index (χ4n) is 3.63. The molecule has 1 aliphatic rings. The first-order valence-electron chi connectivity index (χ1n) is 10.1. The summed E-state index contributed by atoms with van der Waals surface area (Å²) in [5, 5.41) is 0.345. The summed E-state index contributed by atoms with van der Waals surface area (Å²) in [6.45, 7) is 2.66. The first kappa shape index (κ1) is 23.1. The number of aromatic nitrogens is 2. The van der Waals surface area contributed by atoms with Gasteiger partial charge in [0.05, 0.1) is 10.5 Å². The van der Waals surface area contributed by atoms with E-state index in [1.54, 1.807) is 12.1 Å². The molecule has 5 nitrogen and oxygen atoms in total. The third kappa shape index (κ3) is 4.28. The molecule has 10 heteroatoms. The Hall–Kier alpha value is -3.09. The Morgan fingerprint density at radius 1 is 1.18 bits per heavy atom. The van der Waals surface area contributed by atoms with Crippen molar-refractivity contribution in [3.05, 3.63) is 52.3 Å². The van der Waals surface area contributed by atoms with E-state index in [4.69, 9.17) is 17.4 Å². The number of fused-ring (bicyclic) bond motifs is 2. The van der Waals surface area contributed by atoms with Gasteiger partial charge in [0.15, 0.2) is 0 Å². The van der Waals surface area contributed by atoms with Gasteiger partial charge in [0, 0.05) is 23.2 Å². The number of nitrogens with one attached hydrogen (secondary N) is 1. The highest BCUT2D eigenvalue weighted by atomic mass is 35.5. The van der Waals surface area contributed by atoms with E-state index in [9.17, 15) is 17.6 Å². The molecule has 0 unspecified atom stereocenters. The van der Waals surface area contributed by atoms with Gasteiger partial charge >= 0.3 is 6.18 Å². The third-order valence-electron chi connectivity index (χ3n) is 5.57. The fourth-order valence-corrected chi connectivity index (χ4v) is 3.79. The Bertz CT molecular complexity index is 1290. The lowest BCUT2D eigenvalue weighted by Gasteiger charge is -2.32. The minimum Gasteiger partial charge on any atom is -0.325 e. The van der Waals surface area contributed by atoms with Gasteiger partial charge in [-0.3, -0.25) is 5.43 Å². The molecule has 0 saturated heterocycles. The zero-order valence-electron chi connectivity index (χ0n) is 17.8. The summed E-state index contributed by atoms with van der Waals surface area (Å²) < 4.78 is 54.1. The second-order valence-corrected chi connectivity index (χ2v) is 8.64. The van der Waals surface area contributed by atoms with E-state index in [2.05, 4.69) is 27.2 Å². The number of anilines is 3. The average molecular weight is 478 g/mol. The number of halogens is 5. The van der Waals surface area contributed by atoms with Gasteiger partial charge in [-0.2, -0.15) is 18.2 Å². The van der Waals surface area contributed by atoms with E-state index in [1.165, 1.54) is 12.1 Å². The highest BCUT2D eigenvalue weighted by Gasteiger charge is 2.46. The molecular weight excluding hydrogens is 458 g/mol. The van der Waals surface area contributed by atoms with Crippen molar-refractivity contribution in [2.75, 3.05) is 16.9 Å². The van der Waals surface area contributed by atoms with E-state index in [1.807, 2.05) is 11.0 Å². The summed E-state index contributed by atoms with van der Waals surface area (Å²) in [6, 6.07) is 7.92. The molecule has 1 aliphatic heterocycles. The van der Waals surface area contributed by atoms with Crippen molar-refractivity contribution in [2.24, 2.45) is 11.3 Å². The lowest BCUT2D eigenvalue weighted by Crippen LogP contribution is -2.30. The van der Waals surface area contributed by atoms with Gasteiger partial charge in [0.25, 0.3) is 0 Å². The van der Waals surface area contributed by atoms with Crippen molar-refractivity contribution < 1.29 is 17.6 Å². The Kier molecular flexibility index (Phi) is 5.85. The Morgan fingerprint density at radius 2 is 1.94 bits per heavy atom. The standard InChI is InChI=1S/C23H20ClF4N5/c1-22(2,23(26,27)28)9-8-13-5-3-7-19-14(13)6-4-10-33(19)20-15-11-17(25)16(24)12-18(15)30-21(31-20)32-29/h3,5,7,11-12H,4,6,10,29H2,1-2H3,(H,30,31,32). The average Bonchev–Trinajstić information content (AvgIpc) is 2.76. The number of nitrogen functional groups attached to an aromatic ring is 1. The van der Waals surface area contributed by atoms with E-state index in [0.29, 0.717) is 41.7 Å². The van der Waals surface area contributed by atoms with Gasteiger partial charge in [-0.15, -0.1) is 0 Å². The highest BCUT2D eigenvalue weighted by molar-refractivity contribution is 6.31. The molecule has 2 aromatic carbocycles. The van der Waals surface area contributed by atoms with E-state index >= 15 is 0 Å². The van der Waals surface area contributed by atoms with Gasteiger partial charge < -0.3 is 4.90 Å². The molecule has 0 radical (unpaired) electrons. The molecule has 0 amide bonds. The Labute approximate surface area is 192 Å². The van der Waals surface area contributed by atoms with Gasteiger partial charge in [-0.1, -0.05) is 29.5 Å². The number of nitrogens with zero attached hydrogens (tertiary/aromatic N) is 3. The molecule has 33 heavy (non-hydrogen) atoms. The smallest absolute Gasteiger partial charge is 0.325 e. The second-order valence-electron chi connectivity index (χ2n) is 8.23. The number of benzene rings is 2. The van der Waals surface area contributed by atoms with Crippen LogP contribution in [0, 0.1) is 23.1 Å². The zero-order chi connectivity index (χ0) is 24.0. The molecule has 0 spiro atoms. The minimum atomic E-state index is -4.45. The number of alkyl halides is 3. The van der Waals surface area contributed by atoms with Gasteiger partial charge in [-0.25, -0.2) is 15.2 Å². The molecule has 1 aromatic heterocycles. The summed E-state index contributed by atoms with van der Waals surface area (Å²) in [7, 11) is 0. The molecular formula is C23H20ClF4N5. The lowest BCUT2D eigenvalue weighted by atomic mass is 9.91.